The van der Waals surface area contributed by atoms with Crippen LogP contribution in [0.25, 0.3) is 0 Å². The minimum absolute atomic E-state index is 0. The van der Waals surface area contributed by atoms with Gasteiger partial charge in [0.15, 0.2) is 0 Å². The van der Waals surface area contributed by atoms with Gasteiger partial charge in [-0.3, -0.25) is 13.9 Å². The number of carbonyl (C=O) groups is 1. The van der Waals surface area contributed by atoms with Gasteiger partial charge in [0.2, 0.25) is 0 Å². The van der Waals surface area contributed by atoms with Crippen molar-refractivity contribution in [3.8, 4) is 0 Å². The van der Waals surface area contributed by atoms with Crippen molar-refractivity contribution in [2.45, 2.75) is 71.1 Å². The van der Waals surface area contributed by atoms with Crippen LogP contribution in [0, 0.1) is 0 Å². The molecule has 0 aliphatic heterocycles. The minimum atomic E-state index is -4.88. The molecule has 0 aromatic rings. The van der Waals surface area contributed by atoms with Crippen LogP contribution in [-0.2, 0) is 29.8 Å². The molecule has 0 aromatic heterocycles. The molecule has 0 aliphatic rings. The number of unbranched alkanes of at least 4 members (excludes halogenated alkanes) is 8. The summed E-state index contributed by atoms with van der Waals surface area (Å²) in [6, 6.07) is 0. The standard InChI is InChI=1S/C12H24O5S.Na.H2O4S/c1-2-3-4-5-6-7-8-9-10-11-12(13)17-18(14,15)16;;1-5(2,3)4/h2-11H2,1H3,(H,14,15,16);;(H2,1,2,3,4)/q;+1;/p-1. The fraction of sp³-hybridized carbons (Fsp3) is 0.917. The number of hydrogen-bond donors (Lipinski definition) is 2. The van der Waals surface area contributed by atoms with Crippen LogP contribution >= 0.6 is 0 Å². The molecular formula is C12H25NaO9S2. The Bertz CT molecular complexity index is 495. The molecule has 0 atom stereocenters. The molecule has 24 heavy (non-hydrogen) atoms. The van der Waals surface area contributed by atoms with E-state index in [-0.39, 0.29) is 36.0 Å². The fourth-order valence-corrected chi connectivity index (χ4v) is 2.05. The molecular weight excluding hydrogens is 375 g/mol. The van der Waals surface area contributed by atoms with E-state index in [1.165, 1.54) is 32.1 Å². The predicted octanol–water partition coefficient (Wildman–Crippen LogP) is -0.738. The van der Waals surface area contributed by atoms with Crippen molar-refractivity contribution in [1.82, 2.24) is 0 Å². The second-order valence-electron chi connectivity index (χ2n) is 4.89. The molecule has 2 N–H and O–H groups in total. The molecule has 0 aromatic carbocycles. The molecule has 0 radical (unpaired) electrons. The summed E-state index contributed by atoms with van der Waals surface area (Å²) in [7, 11) is -9.55. The zero-order valence-corrected chi connectivity index (χ0v) is 17.8. The second-order valence-corrected chi connectivity index (χ2v) is 6.77. The molecule has 0 amide bonds. The predicted molar refractivity (Wildman–Crippen MR) is 81.8 cm³/mol. The number of carbonyl (C=O) groups excluding carboxylic acids is 1. The van der Waals surface area contributed by atoms with Gasteiger partial charge in [-0.15, -0.1) is 0 Å². The van der Waals surface area contributed by atoms with Crippen LogP contribution in [0.5, 0.6) is 0 Å². The average molecular weight is 400 g/mol. The maximum atomic E-state index is 10.9. The number of hydrogen-bond acceptors (Lipinski definition) is 7. The van der Waals surface area contributed by atoms with Gasteiger partial charge in [0.25, 0.3) is 10.4 Å². The van der Waals surface area contributed by atoms with Gasteiger partial charge < -0.3 is 8.74 Å². The van der Waals surface area contributed by atoms with E-state index >= 15 is 0 Å². The third-order valence-electron chi connectivity index (χ3n) is 2.68. The zero-order chi connectivity index (χ0) is 18.4. The summed E-state index contributed by atoms with van der Waals surface area (Å²) in [6.07, 6.45) is 9.87. The summed E-state index contributed by atoms with van der Waals surface area (Å²) in [6.45, 7) is 2.18. The Kier molecular flexibility index (Phi) is 20.2. The van der Waals surface area contributed by atoms with Crippen LogP contribution in [0.2, 0.25) is 0 Å². The third-order valence-corrected chi connectivity index (χ3v) is 3.07. The van der Waals surface area contributed by atoms with E-state index in [9.17, 15) is 17.8 Å². The van der Waals surface area contributed by atoms with Gasteiger partial charge >= 0.3 is 45.9 Å². The maximum absolute atomic E-state index is 10.9. The van der Waals surface area contributed by atoms with Crippen LogP contribution in [0.3, 0.4) is 0 Å². The fourth-order valence-electron chi connectivity index (χ4n) is 1.74. The average Bonchev–Trinajstić information content (AvgIpc) is 2.32. The Labute approximate surface area is 166 Å². The monoisotopic (exact) mass is 400 g/mol. The molecule has 9 nitrogen and oxygen atoms in total. The summed E-state index contributed by atoms with van der Waals surface area (Å²) in [4.78, 5) is 10.9. The molecule has 140 valence electrons. The molecule has 0 bridgehead atoms. The first-order valence-electron chi connectivity index (χ1n) is 7.33. The zero-order valence-electron chi connectivity index (χ0n) is 14.1. The summed E-state index contributed by atoms with van der Waals surface area (Å²) < 4.78 is 65.6. The molecule has 0 unspecified atom stereocenters. The minimum Gasteiger partial charge on any atom is -0.716 e. The van der Waals surface area contributed by atoms with Gasteiger partial charge in [-0.25, -0.2) is 8.42 Å². The Hall–Kier alpha value is 0.250. The summed E-state index contributed by atoms with van der Waals surface area (Å²) >= 11 is 0. The molecule has 0 rings (SSSR count). The van der Waals surface area contributed by atoms with Crippen molar-refractivity contribution in [3.05, 3.63) is 0 Å². The Morgan fingerprint density at radius 3 is 1.54 bits per heavy atom. The third kappa shape index (κ3) is 38.0. The van der Waals surface area contributed by atoms with E-state index in [4.69, 9.17) is 17.5 Å². The molecule has 0 spiro atoms. The van der Waals surface area contributed by atoms with Crippen molar-refractivity contribution in [3.63, 3.8) is 0 Å². The summed E-state index contributed by atoms with van der Waals surface area (Å²) in [5, 5.41) is 0. The molecule has 12 heteroatoms. The van der Waals surface area contributed by atoms with E-state index in [0.29, 0.717) is 6.42 Å². The molecule has 0 fully saturated rings. The number of rotatable bonds is 11. The van der Waals surface area contributed by atoms with Crippen LogP contribution in [-0.4, -0.2) is 36.5 Å². The van der Waals surface area contributed by atoms with Gasteiger partial charge in [-0.2, -0.15) is 8.42 Å². The van der Waals surface area contributed by atoms with Gasteiger partial charge in [0, 0.05) is 6.42 Å². The normalized spacial score (nSPS) is 11.0. The van der Waals surface area contributed by atoms with Crippen molar-refractivity contribution in [1.29, 1.82) is 0 Å². The van der Waals surface area contributed by atoms with Crippen molar-refractivity contribution < 1.29 is 69.0 Å². The van der Waals surface area contributed by atoms with Crippen LogP contribution in [0.4, 0.5) is 0 Å². The van der Waals surface area contributed by atoms with Crippen LogP contribution in [0.15, 0.2) is 0 Å². The van der Waals surface area contributed by atoms with E-state index in [2.05, 4.69) is 11.1 Å². The Balaban J connectivity index is -0.000000639. The molecule has 0 aliphatic carbocycles. The van der Waals surface area contributed by atoms with Gasteiger partial charge in [0.05, 0.1) is 0 Å². The van der Waals surface area contributed by atoms with Crippen LogP contribution < -0.4 is 29.6 Å². The summed E-state index contributed by atoms with van der Waals surface area (Å²) in [5.74, 6) is -0.951. The molecule has 0 saturated heterocycles. The first-order valence-corrected chi connectivity index (χ1v) is 10.1. The van der Waals surface area contributed by atoms with Gasteiger partial charge in [-0.1, -0.05) is 58.3 Å². The van der Waals surface area contributed by atoms with E-state index in [1.807, 2.05) is 0 Å². The molecule has 0 heterocycles. The van der Waals surface area contributed by atoms with E-state index in [1.54, 1.807) is 0 Å². The molecule has 0 saturated carbocycles. The Morgan fingerprint density at radius 2 is 1.21 bits per heavy atom. The first-order chi connectivity index (χ1) is 10.5. The van der Waals surface area contributed by atoms with E-state index < -0.39 is 26.8 Å². The van der Waals surface area contributed by atoms with Crippen molar-refractivity contribution in [2.75, 3.05) is 0 Å². The Morgan fingerprint density at radius 1 is 0.875 bits per heavy atom. The smallest absolute Gasteiger partial charge is 0.716 e. The van der Waals surface area contributed by atoms with Gasteiger partial charge in [-0.05, 0) is 6.42 Å². The van der Waals surface area contributed by atoms with Gasteiger partial charge in [0.1, 0.15) is 0 Å². The summed E-state index contributed by atoms with van der Waals surface area (Å²) in [5.41, 5.74) is 0. The maximum Gasteiger partial charge on any atom is 1.00 e. The second kappa shape index (κ2) is 16.7. The van der Waals surface area contributed by atoms with E-state index in [0.717, 1.165) is 19.3 Å². The van der Waals surface area contributed by atoms with Crippen LogP contribution in [0.1, 0.15) is 71.1 Å². The SMILES string of the molecule is CCCCCCCCCCCC(=O)OS(=O)(=O)[O-].O=S(=O)(O)O.[Na+]. The quantitative estimate of drug-likeness (QED) is 0.197. The topological polar surface area (TPSA) is 158 Å². The van der Waals surface area contributed by atoms with Crippen molar-refractivity contribution >= 4 is 26.8 Å². The van der Waals surface area contributed by atoms with Crippen molar-refractivity contribution in [2.24, 2.45) is 0 Å². The largest absolute Gasteiger partial charge is 1.00 e. The first kappa shape index (κ1) is 29.0.